The van der Waals surface area contributed by atoms with Gasteiger partial charge in [0, 0.05) is 19.0 Å². The van der Waals surface area contributed by atoms with Crippen molar-refractivity contribution in [1.82, 2.24) is 9.80 Å². The molecule has 0 spiro atoms. The molecule has 1 heterocycles. The Hall–Kier alpha value is -0.940. The fourth-order valence-electron chi connectivity index (χ4n) is 3.58. The van der Waals surface area contributed by atoms with Crippen LogP contribution in [0.15, 0.2) is 0 Å². The molecule has 2 atom stereocenters. The van der Waals surface area contributed by atoms with E-state index in [9.17, 15) is 9.59 Å². The van der Waals surface area contributed by atoms with Gasteiger partial charge in [0.2, 0.25) is 11.8 Å². The second kappa shape index (κ2) is 7.18. The van der Waals surface area contributed by atoms with Gasteiger partial charge in [0.05, 0.1) is 6.54 Å². The lowest BCUT2D eigenvalue weighted by atomic mass is 9.83. The summed E-state index contributed by atoms with van der Waals surface area (Å²) in [5, 5.41) is 0. The summed E-state index contributed by atoms with van der Waals surface area (Å²) < 4.78 is 0. The molecule has 2 N–H and O–H groups in total. The Bertz CT molecular complexity index is 359. The number of hydrogen-bond acceptors (Lipinski definition) is 4. The number of hydrogen-bond donors (Lipinski definition) is 1. The van der Waals surface area contributed by atoms with Gasteiger partial charge in [-0.05, 0) is 38.3 Å². The quantitative estimate of drug-likeness (QED) is 0.815. The molecule has 0 aromatic heterocycles. The minimum Gasteiger partial charge on any atom is -0.330 e. The van der Waals surface area contributed by atoms with Crippen LogP contribution in [0.1, 0.15) is 45.4 Å². The summed E-state index contributed by atoms with van der Waals surface area (Å²) in [6.07, 6.45) is 6.08. The minimum absolute atomic E-state index is 0.00919. The van der Waals surface area contributed by atoms with Gasteiger partial charge in [-0.15, -0.1) is 0 Å². The van der Waals surface area contributed by atoms with Gasteiger partial charge in [-0.3, -0.25) is 19.4 Å². The zero-order valence-electron chi connectivity index (χ0n) is 12.5. The molecule has 114 valence electrons. The molecule has 0 aromatic carbocycles. The molecule has 1 aliphatic carbocycles. The average molecular weight is 281 g/mol. The molecule has 20 heavy (non-hydrogen) atoms. The molecular formula is C15H27N3O2. The number of rotatable bonds is 5. The largest absolute Gasteiger partial charge is 0.330 e. The predicted octanol–water partition coefficient (Wildman–Crippen LogP) is 0.975. The molecule has 2 unspecified atom stereocenters. The maximum atomic E-state index is 12.3. The van der Waals surface area contributed by atoms with E-state index in [4.69, 9.17) is 5.73 Å². The molecule has 1 saturated heterocycles. The molecule has 0 bridgehead atoms. The summed E-state index contributed by atoms with van der Waals surface area (Å²) in [6, 6.07) is 0.403. The zero-order valence-corrected chi connectivity index (χ0v) is 12.5. The fourth-order valence-corrected chi connectivity index (χ4v) is 3.58. The van der Waals surface area contributed by atoms with Crippen LogP contribution in [0.25, 0.3) is 0 Å². The van der Waals surface area contributed by atoms with Gasteiger partial charge in [0.25, 0.3) is 0 Å². The third kappa shape index (κ3) is 3.38. The van der Waals surface area contributed by atoms with E-state index in [1.54, 1.807) is 0 Å². The lowest BCUT2D eigenvalue weighted by molar-refractivity contribution is -0.143. The molecule has 5 nitrogen and oxygen atoms in total. The molecule has 2 fully saturated rings. The average Bonchev–Trinajstić information content (AvgIpc) is 2.90. The van der Waals surface area contributed by atoms with Crippen molar-refractivity contribution in [3.8, 4) is 0 Å². The number of carbonyl (C=O) groups is 2. The monoisotopic (exact) mass is 281 g/mol. The van der Waals surface area contributed by atoms with Gasteiger partial charge in [-0.2, -0.15) is 0 Å². The van der Waals surface area contributed by atoms with E-state index in [1.165, 1.54) is 17.7 Å². The third-order valence-corrected chi connectivity index (χ3v) is 4.76. The standard InChI is InChI=1S/C15H27N3O2/c1-2-17(13-7-4-3-6-12(13)10-16)11-15(20)18-9-5-8-14(18)19/h12-13H,2-11,16H2,1H3. The SMILES string of the molecule is CCN(CC(=O)N1CCCC1=O)C1CCCCC1CN. The summed E-state index contributed by atoms with van der Waals surface area (Å²) in [4.78, 5) is 27.6. The smallest absolute Gasteiger partial charge is 0.243 e. The summed E-state index contributed by atoms with van der Waals surface area (Å²) in [5.41, 5.74) is 5.89. The van der Waals surface area contributed by atoms with Crippen LogP contribution in [-0.4, -0.2) is 53.8 Å². The van der Waals surface area contributed by atoms with Crippen molar-refractivity contribution in [2.75, 3.05) is 26.2 Å². The number of amides is 2. The van der Waals surface area contributed by atoms with Gasteiger partial charge < -0.3 is 5.73 Å². The lowest BCUT2D eigenvalue weighted by Gasteiger charge is -2.39. The first-order valence-corrected chi connectivity index (χ1v) is 7.94. The number of imide groups is 1. The van der Waals surface area contributed by atoms with Crippen LogP contribution in [0.2, 0.25) is 0 Å². The molecule has 0 aromatic rings. The van der Waals surface area contributed by atoms with E-state index in [1.807, 2.05) is 0 Å². The molecular weight excluding hydrogens is 254 g/mol. The number of nitrogens with two attached hydrogens (primary N) is 1. The Morgan fingerprint density at radius 2 is 2.10 bits per heavy atom. The first kappa shape index (κ1) is 15.4. The molecule has 1 saturated carbocycles. The Morgan fingerprint density at radius 3 is 2.70 bits per heavy atom. The fraction of sp³-hybridized carbons (Fsp3) is 0.867. The van der Waals surface area contributed by atoms with E-state index in [0.717, 1.165) is 25.8 Å². The van der Waals surface area contributed by atoms with E-state index in [0.29, 0.717) is 38.0 Å². The summed E-state index contributed by atoms with van der Waals surface area (Å²) >= 11 is 0. The van der Waals surface area contributed by atoms with Crippen molar-refractivity contribution in [1.29, 1.82) is 0 Å². The molecule has 2 aliphatic rings. The number of nitrogens with zero attached hydrogens (tertiary/aromatic N) is 2. The van der Waals surface area contributed by atoms with Gasteiger partial charge in [-0.25, -0.2) is 0 Å². The topological polar surface area (TPSA) is 66.6 Å². The first-order valence-electron chi connectivity index (χ1n) is 7.94. The Balaban J connectivity index is 1.96. The second-order valence-corrected chi connectivity index (χ2v) is 5.95. The highest BCUT2D eigenvalue weighted by atomic mass is 16.2. The van der Waals surface area contributed by atoms with Crippen LogP contribution >= 0.6 is 0 Å². The van der Waals surface area contributed by atoms with Crippen molar-refractivity contribution in [3.05, 3.63) is 0 Å². The van der Waals surface area contributed by atoms with Crippen LogP contribution in [0, 0.1) is 5.92 Å². The van der Waals surface area contributed by atoms with Crippen molar-refractivity contribution in [3.63, 3.8) is 0 Å². The predicted molar refractivity (Wildman–Crippen MR) is 78.0 cm³/mol. The first-order chi connectivity index (χ1) is 9.67. The Kier molecular flexibility index (Phi) is 5.54. The van der Waals surface area contributed by atoms with Gasteiger partial charge in [-0.1, -0.05) is 19.8 Å². The molecule has 1 aliphatic heterocycles. The Morgan fingerprint density at radius 1 is 1.35 bits per heavy atom. The highest BCUT2D eigenvalue weighted by molar-refractivity contribution is 5.97. The molecule has 2 rings (SSSR count). The van der Waals surface area contributed by atoms with E-state index in [2.05, 4.69) is 11.8 Å². The number of likely N-dealkylation sites (tertiary alicyclic amines) is 1. The van der Waals surface area contributed by atoms with Crippen LogP contribution in [0.4, 0.5) is 0 Å². The summed E-state index contributed by atoms with van der Waals surface area (Å²) in [5.74, 6) is 0.451. The van der Waals surface area contributed by atoms with Crippen molar-refractivity contribution < 1.29 is 9.59 Å². The summed E-state index contributed by atoms with van der Waals surface area (Å²) in [7, 11) is 0. The van der Waals surface area contributed by atoms with Crippen LogP contribution < -0.4 is 5.73 Å². The maximum absolute atomic E-state index is 12.3. The zero-order chi connectivity index (χ0) is 14.5. The molecule has 5 heteroatoms. The van der Waals surface area contributed by atoms with Crippen molar-refractivity contribution >= 4 is 11.8 Å². The normalized spacial score (nSPS) is 27.4. The van der Waals surface area contributed by atoms with Gasteiger partial charge >= 0.3 is 0 Å². The van der Waals surface area contributed by atoms with Crippen molar-refractivity contribution in [2.24, 2.45) is 11.7 Å². The van der Waals surface area contributed by atoms with Gasteiger partial charge in [0.15, 0.2) is 0 Å². The maximum Gasteiger partial charge on any atom is 0.243 e. The summed E-state index contributed by atoms with van der Waals surface area (Å²) in [6.45, 7) is 4.58. The highest BCUT2D eigenvalue weighted by Gasteiger charge is 2.32. The van der Waals surface area contributed by atoms with Crippen molar-refractivity contribution in [2.45, 2.75) is 51.5 Å². The lowest BCUT2D eigenvalue weighted by Crippen LogP contribution is -2.49. The third-order valence-electron chi connectivity index (χ3n) is 4.76. The minimum atomic E-state index is -0.0318. The number of likely N-dealkylation sites (N-methyl/N-ethyl adjacent to an activating group) is 1. The second-order valence-electron chi connectivity index (χ2n) is 5.95. The Labute approximate surface area is 121 Å². The van der Waals surface area contributed by atoms with E-state index in [-0.39, 0.29) is 11.8 Å². The highest BCUT2D eigenvalue weighted by Crippen LogP contribution is 2.28. The molecule has 2 amide bonds. The van der Waals surface area contributed by atoms with Crippen LogP contribution in [0.3, 0.4) is 0 Å². The van der Waals surface area contributed by atoms with Crippen LogP contribution in [-0.2, 0) is 9.59 Å². The van der Waals surface area contributed by atoms with E-state index < -0.39 is 0 Å². The van der Waals surface area contributed by atoms with Crippen LogP contribution in [0.5, 0.6) is 0 Å². The van der Waals surface area contributed by atoms with Gasteiger partial charge in [0.1, 0.15) is 0 Å². The molecule has 0 radical (unpaired) electrons. The van der Waals surface area contributed by atoms with E-state index >= 15 is 0 Å². The number of carbonyl (C=O) groups excluding carboxylic acids is 2.